The minimum atomic E-state index is -0.143. The number of amides is 2. The van der Waals surface area contributed by atoms with Gasteiger partial charge in [0.2, 0.25) is 5.91 Å². The Bertz CT molecular complexity index is 778. The van der Waals surface area contributed by atoms with Crippen molar-refractivity contribution in [2.24, 2.45) is 11.8 Å². The molecule has 2 N–H and O–H groups in total. The summed E-state index contributed by atoms with van der Waals surface area (Å²) in [7, 11) is 0. The van der Waals surface area contributed by atoms with E-state index in [-0.39, 0.29) is 17.7 Å². The molecule has 0 radical (unpaired) electrons. The number of benzene rings is 2. The van der Waals surface area contributed by atoms with Crippen molar-refractivity contribution in [2.45, 2.75) is 33.2 Å². The van der Waals surface area contributed by atoms with E-state index >= 15 is 0 Å². The molecule has 142 valence electrons. The molecular weight excluding hydrogens is 340 g/mol. The highest BCUT2D eigenvalue weighted by molar-refractivity contribution is 5.96. The largest absolute Gasteiger partial charge is 0.493 e. The van der Waals surface area contributed by atoms with Crippen LogP contribution in [0.15, 0.2) is 48.5 Å². The van der Waals surface area contributed by atoms with Gasteiger partial charge in [-0.25, -0.2) is 0 Å². The monoisotopic (exact) mass is 366 g/mol. The van der Waals surface area contributed by atoms with Gasteiger partial charge in [-0.2, -0.15) is 0 Å². The van der Waals surface area contributed by atoms with Crippen molar-refractivity contribution in [1.82, 2.24) is 5.32 Å². The summed E-state index contributed by atoms with van der Waals surface area (Å²) in [6, 6.07) is 14.7. The van der Waals surface area contributed by atoms with E-state index in [1.54, 1.807) is 24.3 Å². The third-order valence-corrected chi connectivity index (χ3v) is 4.32. The van der Waals surface area contributed by atoms with Crippen molar-refractivity contribution in [1.29, 1.82) is 0 Å². The molecule has 0 unspecified atom stereocenters. The molecule has 1 saturated carbocycles. The van der Waals surface area contributed by atoms with E-state index in [9.17, 15) is 9.59 Å². The zero-order chi connectivity index (χ0) is 19.2. The van der Waals surface area contributed by atoms with Crippen LogP contribution < -0.4 is 15.4 Å². The Hall–Kier alpha value is -2.82. The first-order valence-corrected chi connectivity index (χ1v) is 9.42. The van der Waals surface area contributed by atoms with Crippen LogP contribution in [0.4, 0.5) is 5.69 Å². The van der Waals surface area contributed by atoms with E-state index in [1.807, 2.05) is 24.3 Å². The summed E-state index contributed by atoms with van der Waals surface area (Å²) in [4.78, 5) is 24.0. The average Bonchev–Trinajstić information content (AvgIpc) is 3.51. The molecule has 5 nitrogen and oxygen atoms in total. The molecule has 0 atom stereocenters. The molecule has 5 heteroatoms. The second kappa shape index (κ2) is 8.71. The van der Waals surface area contributed by atoms with Gasteiger partial charge in [0.25, 0.3) is 5.91 Å². The van der Waals surface area contributed by atoms with Crippen molar-refractivity contribution in [3.8, 4) is 5.75 Å². The molecule has 2 amide bonds. The molecule has 0 aliphatic heterocycles. The molecule has 1 aliphatic carbocycles. The van der Waals surface area contributed by atoms with E-state index < -0.39 is 0 Å². The Labute approximate surface area is 160 Å². The minimum absolute atomic E-state index is 0.0630. The van der Waals surface area contributed by atoms with Gasteiger partial charge < -0.3 is 15.4 Å². The van der Waals surface area contributed by atoms with Crippen molar-refractivity contribution < 1.29 is 14.3 Å². The van der Waals surface area contributed by atoms with Gasteiger partial charge in [-0.1, -0.05) is 26.0 Å². The van der Waals surface area contributed by atoms with Crippen LogP contribution in [0.1, 0.15) is 42.6 Å². The van der Waals surface area contributed by atoms with Crippen LogP contribution in [0.25, 0.3) is 0 Å². The number of carbonyl (C=O) groups is 2. The fraction of sp³-hybridized carbons (Fsp3) is 0.364. The van der Waals surface area contributed by atoms with Crippen LogP contribution in [-0.2, 0) is 11.3 Å². The van der Waals surface area contributed by atoms with Crippen molar-refractivity contribution >= 4 is 17.5 Å². The zero-order valence-corrected chi connectivity index (χ0v) is 15.8. The third-order valence-electron chi connectivity index (χ3n) is 4.32. The molecule has 0 spiro atoms. The third kappa shape index (κ3) is 5.84. The number of ether oxygens (including phenoxy) is 1. The number of hydrogen-bond acceptors (Lipinski definition) is 3. The van der Waals surface area contributed by atoms with Crippen LogP contribution in [0.2, 0.25) is 0 Å². The highest BCUT2D eigenvalue weighted by Gasteiger charge is 2.29. The van der Waals surface area contributed by atoms with Gasteiger partial charge in [0, 0.05) is 23.7 Å². The lowest BCUT2D eigenvalue weighted by Crippen LogP contribution is -2.22. The summed E-state index contributed by atoms with van der Waals surface area (Å²) in [5.74, 6) is 1.40. The number of rotatable bonds is 8. The van der Waals surface area contributed by atoms with Crippen LogP contribution in [0.3, 0.4) is 0 Å². The predicted octanol–water partition coefficient (Wildman–Crippen LogP) is 4.00. The van der Waals surface area contributed by atoms with E-state index in [0.717, 1.165) is 29.8 Å². The summed E-state index contributed by atoms with van der Waals surface area (Å²) in [5.41, 5.74) is 2.30. The van der Waals surface area contributed by atoms with Crippen LogP contribution in [0.5, 0.6) is 5.75 Å². The fourth-order valence-corrected chi connectivity index (χ4v) is 2.55. The van der Waals surface area contributed by atoms with Crippen molar-refractivity contribution in [3.63, 3.8) is 0 Å². The summed E-state index contributed by atoms with van der Waals surface area (Å²) >= 11 is 0. The summed E-state index contributed by atoms with van der Waals surface area (Å²) in [6.45, 7) is 5.35. The second-order valence-electron chi connectivity index (χ2n) is 7.37. The number of hydrogen-bond donors (Lipinski definition) is 2. The molecule has 1 fully saturated rings. The Morgan fingerprint density at radius 3 is 2.30 bits per heavy atom. The van der Waals surface area contributed by atoms with Gasteiger partial charge >= 0.3 is 0 Å². The maximum atomic E-state index is 12.3. The fourth-order valence-electron chi connectivity index (χ4n) is 2.55. The molecule has 0 bridgehead atoms. The zero-order valence-electron chi connectivity index (χ0n) is 15.8. The lowest BCUT2D eigenvalue weighted by atomic mass is 10.1. The SMILES string of the molecule is CC(C)COc1ccc(CNC(=O)c2ccc(NC(=O)C3CC3)cc2)cc1. The Morgan fingerprint density at radius 1 is 1.04 bits per heavy atom. The van der Waals surface area contributed by atoms with E-state index in [4.69, 9.17) is 4.74 Å². The normalized spacial score (nSPS) is 13.3. The van der Waals surface area contributed by atoms with Crippen molar-refractivity contribution in [3.05, 3.63) is 59.7 Å². The van der Waals surface area contributed by atoms with Gasteiger partial charge in [0.05, 0.1) is 6.61 Å². The van der Waals surface area contributed by atoms with E-state index in [0.29, 0.717) is 24.6 Å². The lowest BCUT2D eigenvalue weighted by Gasteiger charge is -2.10. The molecule has 27 heavy (non-hydrogen) atoms. The van der Waals surface area contributed by atoms with Crippen LogP contribution in [-0.4, -0.2) is 18.4 Å². The molecule has 0 heterocycles. The number of nitrogens with one attached hydrogen (secondary N) is 2. The van der Waals surface area contributed by atoms with E-state index in [2.05, 4.69) is 24.5 Å². The molecule has 0 aromatic heterocycles. The number of anilines is 1. The maximum Gasteiger partial charge on any atom is 0.251 e. The average molecular weight is 366 g/mol. The second-order valence-corrected chi connectivity index (χ2v) is 7.37. The van der Waals surface area contributed by atoms with Gasteiger partial charge in [-0.3, -0.25) is 9.59 Å². The van der Waals surface area contributed by atoms with Gasteiger partial charge in [-0.15, -0.1) is 0 Å². The highest BCUT2D eigenvalue weighted by Crippen LogP contribution is 2.30. The summed E-state index contributed by atoms with van der Waals surface area (Å²) < 4.78 is 5.66. The standard InChI is InChI=1S/C22H26N2O3/c1-15(2)14-27-20-11-3-16(4-12-20)13-23-21(25)17-7-9-19(10-8-17)24-22(26)18-5-6-18/h3-4,7-12,15,18H,5-6,13-14H2,1-2H3,(H,23,25)(H,24,26). The van der Waals surface area contributed by atoms with Crippen LogP contribution in [0, 0.1) is 11.8 Å². The Morgan fingerprint density at radius 2 is 1.70 bits per heavy atom. The van der Waals surface area contributed by atoms with Crippen LogP contribution >= 0.6 is 0 Å². The predicted molar refractivity (Wildman–Crippen MR) is 106 cm³/mol. The first kappa shape index (κ1) is 19.0. The number of carbonyl (C=O) groups excluding carboxylic acids is 2. The summed E-state index contributed by atoms with van der Waals surface area (Å²) in [5, 5.41) is 5.77. The molecule has 2 aromatic rings. The molecule has 0 saturated heterocycles. The Balaban J connectivity index is 1.47. The minimum Gasteiger partial charge on any atom is -0.493 e. The van der Waals surface area contributed by atoms with E-state index in [1.165, 1.54) is 0 Å². The lowest BCUT2D eigenvalue weighted by molar-refractivity contribution is -0.117. The van der Waals surface area contributed by atoms with Gasteiger partial charge in [-0.05, 0) is 60.7 Å². The van der Waals surface area contributed by atoms with Gasteiger partial charge in [0.1, 0.15) is 5.75 Å². The topological polar surface area (TPSA) is 67.4 Å². The maximum absolute atomic E-state index is 12.3. The van der Waals surface area contributed by atoms with Gasteiger partial charge in [0.15, 0.2) is 0 Å². The molecule has 1 aliphatic rings. The molecule has 3 rings (SSSR count). The highest BCUT2D eigenvalue weighted by atomic mass is 16.5. The molecule has 2 aromatic carbocycles. The Kier molecular flexibility index (Phi) is 6.12. The first-order chi connectivity index (χ1) is 13.0. The molecular formula is C22H26N2O3. The first-order valence-electron chi connectivity index (χ1n) is 9.42. The smallest absolute Gasteiger partial charge is 0.251 e. The quantitative estimate of drug-likeness (QED) is 0.742. The van der Waals surface area contributed by atoms with Crippen molar-refractivity contribution in [2.75, 3.05) is 11.9 Å². The summed E-state index contributed by atoms with van der Waals surface area (Å²) in [6.07, 6.45) is 1.94.